The number of nitrogens with one attached hydrogen (secondary N) is 1. The molecule has 0 bridgehead atoms. The third kappa shape index (κ3) is 3.58. The summed E-state index contributed by atoms with van der Waals surface area (Å²) in [5.41, 5.74) is 5.97. The minimum absolute atomic E-state index is 0.163. The monoisotopic (exact) mass is 234 g/mol. The minimum Gasteiger partial charge on any atom is -0.348 e. The van der Waals surface area contributed by atoms with Crippen LogP contribution in [0.1, 0.15) is 24.9 Å². The normalized spacial score (nSPS) is 13.5. The Labute approximate surface area is 100 Å². The van der Waals surface area contributed by atoms with E-state index < -0.39 is 12.1 Å². The highest BCUT2D eigenvalue weighted by molar-refractivity contribution is 5.82. The van der Waals surface area contributed by atoms with Crippen molar-refractivity contribution in [1.82, 2.24) is 5.32 Å². The molecular weight excluding hydrogens is 219 g/mol. The van der Waals surface area contributed by atoms with E-state index in [4.69, 9.17) is 12.2 Å². The molecule has 4 heteroatoms. The van der Waals surface area contributed by atoms with Gasteiger partial charge < -0.3 is 11.1 Å². The predicted octanol–water partition coefficient (Wildman–Crippen LogP) is 1.35. The van der Waals surface area contributed by atoms with E-state index in [1.54, 1.807) is 25.1 Å². The van der Waals surface area contributed by atoms with E-state index >= 15 is 0 Å². The third-order valence-electron chi connectivity index (χ3n) is 2.41. The molecule has 0 aliphatic rings. The molecule has 1 aromatic rings. The molecule has 0 aliphatic carbocycles. The molecular formula is C13H15FN2O. The molecule has 1 amide bonds. The molecule has 0 radical (unpaired) electrons. The molecule has 17 heavy (non-hydrogen) atoms. The van der Waals surface area contributed by atoms with E-state index in [1.807, 2.05) is 0 Å². The van der Waals surface area contributed by atoms with Crippen LogP contribution in [0.4, 0.5) is 4.39 Å². The van der Waals surface area contributed by atoms with Crippen molar-refractivity contribution >= 4 is 5.91 Å². The highest BCUT2D eigenvalue weighted by Crippen LogP contribution is 2.15. The Kier molecular flexibility index (Phi) is 4.68. The van der Waals surface area contributed by atoms with Crippen LogP contribution in [0.25, 0.3) is 0 Å². The van der Waals surface area contributed by atoms with Crippen LogP contribution in [0.15, 0.2) is 24.3 Å². The summed E-state index contributed by atoms with van der Waals surface area (Å²) < 4.78 is 13.4. The van der Waals surface area contributed by atoms with E-state index in [0.29, 0.717) is 5.56 Å². The standard InChI is InChI=1S/C13H15FN2O/c1-3-6-12(15)13(17)16-9(2)10-7-4-5-8-11(10)14/h1,4-5,7-9,12H,6,15H2,2H3,(H,16,17). The van der Waals surface area contributed by atoms with Crippen molar-refractivity contribution < 1.29 is 9.18 Å². The summed E-state index contributed by atoms with van der Waals surface area (Å²) in [6.07, 6.45) is 5.23. The third-order valence-corrected chi connectivity index (χ3v) is 2.41. The van der Waals surface area contributed by atoms with Gasteiger partial charge in [-0.25, -0.2) is 4.39 Å². The first kappa shape index (κ1) is 13.2. The van der Waals surface area contributed by atoms with E-state index in [1.165, 1.54) is 6.07 Å². The Morgan fingerprint density at radius 2 is 2.24 bits per heavy atom. The average molecular weight is 234 g/mol. The van der Waals surface area contributed by atoms with E-state index in [9.17, 15) is 9.18 Å². The van der Waals surface area contributed by atoms with Crippen molar-refractivity contribution in [3.8, 4) is 12.3 Å². The fourth-order valence-corrected chi connectivity index (χ4v) is 1.44. The molecule has 1 aromatic carbocycles. The Morgan fingerprint density at radius 1 is 1.59 bits per heavy atom. The highest BCUT2D eigenvalue weighted by Gasteiger charge is 2.17. The van der Waals surface area contributed by atoms with Gasteiger partial charge in [-0.2, -0.15) is 0 Å². The van der Waals surface area contributed by atoms with Crippen molar-refractivity contribution in [3.63, 3.8) is 0 Å². The maximum atomic E-state index is 13.4. The summed E-state index contributed by atoms with van der Waals surface area (Å²) in [7, 11) is 0. The number of hydrogen-bond acceptors (Lipinski definition) is 2. The summed E-state index contributed by atoms with van der Waals surface area (Å²) >= 11 is 0. The van der Waals surface area contributed by atoms with Crippen LogP contribution < -0.4 is 11.1 Å². The molecule has 0 fully saturated rings. The van der Waals surface area contributed by atoms with Gasteiger partial charge in [0, 0.05) is 12.0 Å². The van der Waals surface area contributed by atoms with Gasteiger partial charge in [-0.15, -0.1) is 12.3 Å². The molecule has 90 valence electrons. The van der Waals surface area contributed by atoms with Crippen LogP contribution in [0, 0.1) is 18.2 Å². The van der Waals surface area contributed by atoms with Crippen molar-refractivity contribution in [2.75, 3.05) is 0 Å². The van der Waals surface area contributed by atoms with Gasteiger partial charge in [0.1, 0.15) is 5.82 Å². The minimum atomic E-state index is -0.755. The predicted molar refractivity (Wildman–Crippen MR) is 64.4 cm³/mol. The smallest absolute Gasteiger partial charge is 0.238 e. The molecule has 2 atom stereocenters. The van der Waals surface area contributed by atoms with Crippen LogP contribution in [0.5, 0.6) is 0 Å². The topological polar surface area (TPSA) is 55.1 Å². The van der Waals surface area contributed by atoms with Gasteiger partial charge in [0.25, 0.3) is 0 Å². The number of hydrogen-bond donors (Lipinski definition) is 2. The van der Waals surface area contributed by atoms with E-state index in [0.717, 1.165) is 0 Å². The van der Waals surface area contributed by atoms with Crippen molar-refractivity contribution in [2.45, 2.75) is 25.4 Å². The molecule has 3 N–H and O–H groups in total. The lowest BCUT2D eigenvalue weighted by atomic mass is 10.1. The van der Waals surface area contributed by atoms with Gasteiger partial charge in [0.2, 0.25) is 5.91 Å². The second-order valence-electron chi connectivity index (χ2n) is 3.77. The zero-order valence-corrected chi connectivity index (χ0v) is 9.61. The number of carbonyl (C=O) groups excluding carboxylic acids is 1. The summed E-state index contributed by atoms with van der Waals surface area (Å²) in [4.78, 5) is 11.6. The number of carbonyl (C=O) groups is 1. The molecule has 0 heterocycles. The fourth-order valence-electron chi connectivity index (χ4n) is 1.44. The molecule has 1 rings (SSSR count). The summed E-state index contributed by atoms with van der Waals surface area (Å²) in [6.45, 7) is 1.69. The van der Waals surface area contributed by atoms with Crippen LogP contribution in [0.2, 0.25) is 0 Å². The molecule has 0 saturated carbocycles. The van der Waals surface area contributed by atoms with E-state index in [-0.39, 0.29) is 18.1 Å². The molecule has 0 aromatic heterocycles. The fraction of sp³-hybridized carbons (Fsp3) is 0.308. The lowest BCUT2D eigenvalue weighted by molar-refractivity contribution is -0.122. The van der Waals surface area contributed by atoms with Crippen molar-refractivity contribution in [3.05, 3.63) is 35.6 Å². The summed E-state index contributed by atoms with van der Waals surface area (Å²) in [6, 6.07) is 5.08. The first-order valence-electron chi connectivity index (χ1n) is 5.30. The Morgan fingerprint density at radius 3 is 2.82 bits per heavy atom. The van der Waals surface area contributed by atoms with Gasteiger partial charge in [-0.1, -0.05) is 18.2 Å². The lowest BCUT2D eigenvalue weighted by Gasteiger charge is -2.17. The average Bonchev–Trinajstić information content (AvgIpc) is 2.29. The van der Waals surface area contributed by atoms with Crippen LogP contribution in [-0.2, 0) is 4.79 Å². The molecule has 0 saturated heterocycles. The number of rotatable bonds is 4. The molecule has 3 nitrogen and oxygen atoms in total. The number of benzene rings is 1. The number of amides is 1. The Bertz CT molecular complexity index is 439. The van der Waals surface area contributed by atoms with Gasteiger partial charge in [-0.3, -0.25) is 4.79 Å². The quantitative estimate of drug-likeness (QED) is 0.773. The summed E-state index contributed by atoms with van der Waals surface area (Å²) in [5, 5.41) is 2.62. The zero-order chi connectivity index (χ0) is 12.8. The molecule has 0 spiro atoms. The number of halogens is 1. The van der Waals surface area contributed by atoms with Crippen molar-refractivity contribution in [1.29, 1.82) is 0 Å². The lowest BCUT2D eigenvalue weighted by Crippen LogP contribution is -2.41. The van der Waals surface area contributed by atoms with E-state index in [2.05, 4.69) is 11.2 Å². The molecule has 2 unspecified atom stereocenters. The number of terminal acetylenes is 1. The molecule has 0 aliphatic heterocycles. The maximum Gasteiger partial charge on any atom is 0.238 e. The first-order valence-corrected chi connectivity index (χ1v) is 5.30. The van der Waals surface area contributed by atoms with Gasteiger partial charge in [0.15, 0.2) is 0 Å². The highest BCUT2D eigenvalue weighted by atomic mass is 19.1. The van der Waals surface area contributed by atoms with Gasteiger partial charge >= 0.3 is 0 Å². The van der Waals surface area contributed by atoms with Gasteiger partial charge in [0.05, 0.1) is 12.1 Å². The Hall–Kier alpha value is -1.86. The second kappa shape index (κ2) is 6.02. The van der Waals surface area contributed by atoms with Crippen LogP contribution >= 0.6 is 0 Å². The summed E-state index contributed by atoms with van der Waals surface area (Å²) in [5.74, 6) is 1.58. The maximum absolute atomic E-state index is 13.4. The zero-order valence-electron chi connectivity index (χ0n) is 9.61. The van der Waals surface area contributed by atoms with Crippen LogP contribution in [0.3, 0.4) is 0 Å². The number of nitrogens with two attached hydrogens (primary N) is 1. The second-order valence-corrected chi connectivity index (χ2v) is 3.77. The SMILES string of the molecule is C#CCC(N)C(=O)NC(C)c1ccccc1F. The van der Waals surface area contributed by atoms with Crippen LogP contribution in [-0.4, -0.2) is 11.9 Å². The van der Waals surface area contributed by atoms with Crippen molar-refractivity contribution in [2.24, 2.45) is 5.73 Å². The van der Waals surface area contributed by atoms with Gasteiger partial charge in [-0.05, 0) is 13.0 Å². The largest absolute Gasteiger partial charge is 0.348 e. The Balaban J connectivity index is 2.67. The first-order chi connectivity index (χ1) is 8.06.